The Morgan fingerprint density at radius 2 is 1.95 bits per heavy atom. The highest BCUT2D eigenvalue weighted by Gasteiger charge is 2.48. The number of hydrogen-bond donors (Lipinski definition) is 2. The van der Waals surface area contributed by atoms with Crippen molar-refractivity contribution < 1.29 is 40.9 Å². The third kappa shape index (κ3) is 5.96. The van der Waals surface area contributed by atoms with Gasteiger partial charge < -0.3 is 20.3 Å². The second-order valence-corrected chi connectivity index (χ2v) is 11.3. The summed E-state index contributed by atoms with van der Waals surface area (Å²) in [6.45, 7) is -0.701. The van der Waals surface area contributed by atoms with Crippen LogP contribution in [0.5, 0.6) is 0 Å². The summed E-state index contributed by atoms with van der Waals surface area (Å²) >= 11 is 0. The molecule has 3 amide bonds. The number of methoxy groups -OCH3 is 1. The quantitative estimate of drug-likeness (QED) is 0.333. The van der Waals surface area contributed by atoms with Gasteiger partial charge in [-0.1, -0.05) is 5.16 Å². The number of carbonyl (C=O) groups excluding carboxylic acids is 2. The molecule has 2 N–H and O–H groups in total. The van der Waals surface area contributed by atoms with E-state index in [2.05, 4.69) is 25.7 Å². The first-order chi connectivity index (χ1) is 21.0. The Morgan fingerprint density at radius 3 is 2.59 bits per heavy atom. The van der Waals surface area contributed by atoms with Gasteiger partial charge in [0.1, 0.15) is 11.7 Å². The molecule has 44 heavy (non-hydrogen) atoms. The number of nitrogens with zero attached hydrogens (tertiary/aromatic N) is 6. The van der Waals surface area contributed by atoms with Crippen molar-refractivity contribution in [2.24, 2.45) is 5.92 Å². The predicted molar refractivity (Wildman–Crippen MR) is 140 cm³/mol. The highest BCUT2D eigenvalue weighted by molar-refractivity contribution is 5.93. The topological polar surface area (TPSA) is 140 Å². The molecular weight excluding hydrogens is 595 g/mol. The second kappa shape index (κ2) is 11.7. The van der Waals surface area contributed by atoms with Crippen LogP contribution in [0.2, 0.25) is 0 Å². The molecule has 1 unspecified atom stereocenters. The van der Waals surface area contributed by atoms with E-state index in [1.807, 2.05) is 5.32 Å². The van der Waals surface area contributed by atoms with Gasteiger partial charge in [-0.15, -0.1) is 0 Å². The third-order valence-corrected chi connectivity index (χ3v) is 8.45. The number of fused-ring (bicyclic) bond motifs is 1. The molecule has 0 radical (unpaired) electrons. The average Bonchev–Trinajstić information content (AvgIpc) is 3.37. The molecule has 6 rings (SSSR count). The SMILES string of the molecule is COC[C@H](c1cnn2cc(C(NC(=O)c3nonc3C3CC3)C3CCC(=C(F)F)CC3)nc2c1)N1C[C@@H](C(F)(F)F)NC1=O. The Kier molecular flexibility index (Phi) is 7.98. The summed E-state index contributed by atoms with van der Waals surface area (Å²) < 4.78 is 78.0. The van der Waals surface area contributed by atoms with Crippen molar-refractivity contribution in [1.82, 2.24) is 40.4 Å². The maximum atomic E-state index is 13.4. The van der Waals surface area contributed by atoms with Gasteiger partial charge in [0.05, 0.1) is 43.3 Å². The lowest BCUT2D eigenvalue weighted by molar-refractivity contribution is -0.150. The van der Waals surface area contributed by atoms with E-state index in [0.717, 1.165) is 17.7 Å². The highest BCUT2D eigenvalue weighted by atomic mass is 19.4. The molecule has 17 heteroatoms. The van der Waals surface area contributed by atoms with E-state index in [-0.39, 0.29) is 42.6 Å². The average molecular weight is 625 g/mol. The summed E-state index contributed by atoms with van der Waals surface area (Å²) in [6, 6.07) is -2.91. The molecule has 2 saturated carbocycles. The van der Waals surface area contributed by atoms with E-state index >= 15 is 0 Å². The van der Waals surface area contributed by atoms with Crippen LogP contribution in [0.4, 0.5) is 26.7 Å². The number of alkyl halides is 3. The van der Waals surface area contributed by atoms with Crippen LogP contribution in [0, 0.1) is 5.92 Å². The maximum absolute atomic E-state index is 13.4. The Labute approximate surface area is 247 Å². The summed E-state index contributed by atoms with van der Waals surface area (Å²) in [7, 11) is 1.37. The minimum atomic E-state index is -4.62. The monoisotopic (exact) mass is 624 g/mol. The number of imidazole rings is 1. The number of amides is 3. The fourth-order valence-corrected chi connectivity index (χ4v) is 5.91. The van der Waals surface area contributed by atoms with Gasteiger partial charge in [-0.3, -0.25) is 4.79 Å². The third-order valence-electron chi connectivity index (χ3n) is 8.45. The van der Waals surface area contributed by atoms with E-state index in [4.69, 9.17) is 9.37 Å². The van der Waals surface area contributed by atoms with Crippen LogP contribution in [-0.2, 0) is 4.74 Å². The zero-order valence-corrected chi connectivity index (χ0v) is 23.5. The molecule has 0 spiro atoms. The molecule has 4 heterocycles. The standard InChI is InChI=1S/C27H29F5N8O4/c1-43-12-18(39-11-19(27(30,31)32)35-26(39)42)16-8-20-34-17(10-40(20)33-9-16)21(13-4-6-15(7-5-13)24(28)29)36-25(41)23-22(14-2-3-14)37-44-38-23/h8-10,13-14,18-19,21H,2-7,11-12H2,1H3,(H,35,42)(H,36,41)/t18-,19+,21?/m1/s1. The number of aromatic nitrogens is 5. The number of halogens is 5. The van der Waals surface area contributed by atoms with Crippen molar-refractivity contribution >= 4 is 17.6 Å². The number of allylic oxidation sites excluding steroid dienone is 1. The smallest absolute Gasteiger partial charge is 0.382 e. The molecule has 3 fully saturated rings. The molecule has 3 atom stereocenters. The van der Waals surface area contributed by atoms with Crippen molar-refractivity contribution in [1.29, 1.82) is 0 Å². The van der Waals surface area contributed by atoms with Crippen molar-refractivity contribution in [2.75, 3.05) is 20.3 Å². The lowest BCUT2D eigenvalue weighted by atomic mass is 9.80. The largest absolute Gasteiger partial charge is 0.410 e. The van der Waals surface area contributed by atoms with E-state index < -0.39 is 48.9 Å². The maximum Gasteiger partial charge on any atom is 0.410 e. The van der Waals surface area contributed by atoms with Crippen molar-refractivity contribution in [2.45, 2.75) is 68.7 Å². The van der Waals surface area contributed by atoms with Gasteiger partial charge in [-0.2, -0.15) is 27.1 Å². The summed E-state index contributed by atoms with van der Waals surface area (Å²) in [5.41, 5.74) is 1.73. The molecule has 1 saturated heterocycles. The number of hydrogen-bond acceptors (Lipinski definition) is 8. The molecule has 3 aliphatic rings. The first-order valence-corrected chi connectivity index (χ1v) is 14.2. The van der Waals surface area contributed by atoms with E-state index in [9.17, 15) is 31.5 Å². The molecule has 236 valence electrons. The van der Waals surface area contributed by atoms with E-state index in [1.54, 1.807) is 12.3 Å². The molecule has 3 aromatic heterocycles. The minimum absolute atomic E-state index is 0.0660. The van der Waals surface area contributed by atoms with Gasteiger partial charge in [0.15, 0.2) is 11.3 Å². The van der Waals surface area contributed by atoms with Crippen LogP contribution in [0.15, 0.2) is 34.7 Å². The molecule has 3 aromatic rings. The van der Waals surface area contributed by atoms with Crippen LogP contribution < -0.4 is 10.6 Å². The number of carbonyl (C=O) groups is 2. The van der Waals surface area contributed by atoms with E-state index in [0.29, 0.717) is 35.4 Å². The molecule has 1 aliphatic heterocycles. The number of nitrogens with one attached hydrogen (secondary N) is 2. The summed E-state index contributed by atoms with van der Waals surface area (Å²) in [5, 5.41) is 17.0. The zero-order valence-electron chi connectivity index (χ0n) is 23.5. The van der Waals surface area contributed by atoms with Crippen molar-refractivity contribution in [3.8, 4) is 0 Å². The Bertz CT molecular complexity index is 1570. The van der Waals surface area contributed by atoms with Crippen LogP contribution in [0.3, 0.4) is 0 Å². The van der Waals surface area contributed by atoms with Gasteiger partial charge in [-0.05, 0) is 61.2 Å². The number of rotatable bonds is 9. The zero-order chi connectivity index (χ0) is 31.2. The van der Waals surface area contributed by atoms with Crippen molar-refractivity contribution in [3.63, 3.8) is 0 Å². The number of urea groups is 1. The van der Waals surface area contributed by atoms with Gasteiger partial charge in [0.25, 0.3) is 12.0 Å². The van der Waals surface area contributed by atoms with Crippen LogP contribution >= 0.6 is 0 Å². The lowest BCUT2D eigenvalue weighted by Crippen LogP contribution is -2.40. The molecule has 12 nitrogen and oxygen atoms in total. The molecule has 0 bridgehead atoms. The first kappa shape index (κ1) is 29.9. The first-order valence-electron chi connectivity index (χ1n) is 14.2. The molecule has 2 aliphatic carbocycles. The van der Waals surface area contributed by atoms with Gasteiger partial charge in [0.2, 0.25) is 0 Å². The van der Waals surface area contributed by atoms with Crippen LogP contribution in [0.1, 0.15) is 84.0 Å². The van der Waals surface area contributed by atoms with Crippen molar-refractivity contribution in [3.05, 3.63) is 52.8 Å². The molecule has 0 aromatic carbocycles. The Hall–Kier alpha value is -4.15. The fraction of sp³-hybridized carbons (Fsp3) is 0.556. The summed E-state index contributed by atoms with van der Waals surface area (Å²) in [4.78, 5) is 31.6. The predicted octanol–water partition coefficient (Wildman–Crippen LogP) is 4.45. The second-order valence-electron chi connectivity index (χ2n) is 11.3. The minimum Gasteiger partial charge on any atom is -0.382 e. The van der Waals surface area contributed by atoms with Gasteiger partial charge in [-0.25, -0.2) is 18.9 Å². The van der Waals surface area contributed by atoms with Gasteiger partial charge in [0, 0.05) is 18.6 Å². The summed E-state index contributed by atoms with van der Waals surface area (Å²) in [5.74, 6) is -0.678. The van der Waals surface area contributed by atoms with Crippen LogP contribution in [0.25, 0.3) is 5.65 Å². The normalized spacial score (nSPS) is 22.3. The summed E-state index contributed by atoms with van der Waals surface area (Å²) in [6.07, 6.45) is -0.475. The number of ether oxygens (including phenoxy) is 1. The van der Waals surface area contributed by atoms with Gasteiger partial charge >= 0.3 is 12.2 Å². The Balaban J connectivity index is 1.30. The van der Waals surface area contributed by atoms with Crippen LogP contribution in [-0.4, -0.2) is 74.2 Å². The fourth-order valence-electron chi connectivity index (χ4n) is 5.91. The highest BCUT2D eigenvalue weighted by Crippen LogP contribution is 2.41. The van der Waals surface area contributed by atoms with E-state index in [1.165, 1.54) is 17.8 Å². The Morgan fingerprint density at radius 1 is 1.20 bits per heavy atom. The lowest BCUT2D eigenvalue weighted by Gasteiger charge is -2.30. The molecular formula is C27H29F5N8O4.